The molecule has 0 aromatic rings. The number of carboxylic acids is 1. The van der Waals surface area contributed by atoms with Crippen LogP contribution in [0.4, 0.5) is 4.79 Å². The molecule has 1 unspecified atom stereocenters. The fourth-order valence-corrected chi connectivity index (χ4v) is 2.38. The third-order valence-corrected chi connectivity index (χ3v) is 4.18. The van der Waals surface area contributed by atoms with Crippen LogP contribution in [0.2, 0.25) is 0 Å². The normalized spacial score (nSPS) is 13.0. The lowest BCUT2D eigenvalue weighted by molar-refractivity contribution is -0.137. The van der Waals surface area contributed by atoms with E-state index in [9.17, 15) is 18.0 Å². The number of urea groups is 1. The summed E-state index contributed by atoms with van der Waals surface area (Å²) >= 11 is 0. The van der Waals surface area contributed by atoms with E-state index in [2.05, 4.69) is 10.6 Å². The van der Waals surface area contributed by atoms with Crippen LogP contribution in [0.5, 0.6) is 0 Å². The minimum Gasteiger partial charge on any atom is -0.481 e. The summed E-state index contributed by atoms with van der Waals surface area (Å²) in [5.74, 6) is -0.322. The molecule has 0 fully saturated rings. The summed E-state index contributed by atoms with van der Waals surface area (Å²) < 4.78 is 21.8. The summed E-state index contributed by atoms with van der Waals surface area (Å²) in [4.78, 5) is 22.0. The summed E-state index contributed by atoms with van der Waals surface area (Å²) in [5, 5.41) is 13.8. The van der Waals surface area contributed by atoms with Crippen LogP contribution < -0.4 is 10.6 Å². The van der Waals surface area contributed by atoms with Gasteiger partial charge in [-0.1, -0.05) is 13.8 Å². The Kier molecular flexibility index (Phi) is 9.00. The molecule has 0 saturated heterocycles. The van der Waals surface area contributed by atoms with Gasteiger partial charge in [0, 0.05) is 25.8 Å². The molecule has 7 nitrogen and oxygen atoms in total. The van der Waals surface area contributed by atoms with Crippen LogP contribution in [0.3, 0.4) is 0 Å². The van der Waals surface area contributed by atoms with Gasteiger partial charge in [0.05, 0.1) is 5.75 Å². The molecular formula is C13H26N2O5S. The van der Waals surface area contributed by atoms with E-state index in [1.54, 1.807) is 0 Å². The van der Waals surface area contributed by atoms with Crippen molar-refractivity contribution in [3.8, 4) is 0 Å². The van der Waals surface area contributed by atoms with Gasteiger partial charge in [0.2, 0.25) is 0 Å². The highest BCUT2D eigenvalue weighted by Crippen LogP contribution is 2.20. The minimum absolute atomic E-state index is 0.0806. The van der Waals surface area contributed by atoms with Crippen LogP contribution >= 0.6 is 0 Å². The molecule has 0 radical (unpaired) electrons. The molecule has 0 saturated carbocycles. The van der Waals surface area contributed by atoms with Gasteiger partial charge in [-0.25, -0.2) is 13.2 Å². The molecule has 8 heteroatoms. The van der Waals surface area contributed by atoms with E-state index in [4.69, 9.17) is 5.11 Å². The summed E-state index contributed by atoms with van der Waals surface area (Å²) in [6.07, 6.45) is 2.53. The minimum atomic E-state index is -3.08. The molecule has 21 heavy (non-hydrogen) atoms. The molecule has 0 spiro atoms. The van der Waals surface area contributed by atoms with Crippen LogP contribution in [-0.2, 0) is 14.6 Å². The van der Waals surface area contributed by atoms with Crippen LogP contribution in [0.1, 0.15) is 33.1 Å². The SMILES string of the molecule is CC(C)C(CCNC(=O)NCCS(C)(=O)=O)CCC(=O)O. The summed E-state index contributed by atoms with van der Waals surface area (Å²) in [6.45, 7) is 4.57. The fourth-order valence-electron chi connectivity index (χ4n) is 1.90. The van der Waals surface area contributed by atoms with Crippen LogP contribution in [-0.4, -0.2) is 50.6 Å². The van der Waals surface area contributed by atoms with Gasteiger partial charge >= 0.3 is 12.0 Å². The molecular weight excluding hydrogens is 296 g/mol. The standard InChI is InChI=1S/C13H26N2O5S/c1-10(2)11(4-5-12(16)17)6-7-14-13(18)15-8-9-21(3,19)20/h10-11H,4-9H2,1-3H3,(H,16,17)(H2,14,15,18). The Morgan fingerprint density at radius 3 is 2.14 bits per heavy atom. The van der Waals surface area contributed by atoms with E-state index < -0.39 is 21.8 Å². The number of rotatable bonds is 10. The molecule has 0 aromatic heterocycles. The molecule has 2 amide bonds. The Balaban J connectivity index is 3.92. The maximum Gasteiger partial charge on any atom is 0.314 e. The quantitative estimate of drug-likeness (QED) is 0.552. The molecule has 0 aromatic carbocycles. The van der Waals surface area contributed by atoms with Crippen molar-refractivity contribution < 1.29 is 23.1 Å². The number of carboxylic acid groups (broad SMARTS) is 1. The zero-order valence-electron chi connectivity index (χ0n) is 12.9. The van der Waals surface area contributed by atoms with Crippen molar-refractivity contribution in [3.63, 3.8) is 0 Å². The Labute approximate surface area is 126 Å². The first kappa shape index (κ1) is 19.7. The number of carbonyl (C=O) groups is 2. The van der Waals surface area contributed by atoms with E-state index in [1.807, 2.05) is 13.8 Å². The number of carbonyl (C=O) groups excluding carboxylic acids is 1. The maximum absolute atomic E-state index is 11.4. The predicted octanol–water partition coefficient (Wildman–Crippen LogP) is 0.857. The van der Waals surface area contributed by atoms with E-state index in [-0.39, 0.29) is 24.6 Å². The van der Waals surface area contributed by atoms with Gasteiger partial charge in [-0.2, -0.15) is 0 Å². The number of hydrogen-bond acceptors (Lipinski definition) is 4. The van der Waals surface area contributed by atoms with Crippen molar-refractivity contribution >= 4 is 21.8 Å². The summed E-state index contributed by atoms with van der Waals surface area (Å²) in [6, 6.07) is -0.403. The van der Waals surface area contributed by atoms with Crippen molar-refractivity contribution in [2.24, 2.45) is 11.8 Å². The first-order valence-electron chi connectivity index (χ1n) is 7.03. The van der Waals surface area contributed by atoms with Crippen LogP contribution in [0.15, 0.2) is 0 Å². The van der Waals surface area contributed by atoms with Gasteiger partial charge in [-0.15, -0.1) is 0 Å². The van der Waals surface area contributed by atoms with Crippen molar-refractivity contribution in [1.82, 2.24) is 10.6 Å². The molecule has 0 aliphatic heterocycles. The lowest BCUT2D eigenvalue weighted by atomic mass is 9.88. The second kappa shape index (κ2) is 9.59. The topological polar surface area (TPSA) is 113 Å². The van der Waals surface area contributed by atoms with Crippen LogP contribution in [0, 0.1) is 11.8 Å². The highest BCUT2D eigenvalue weighted by Gasteiger charge is 2.15. The van der Waals surface area contributed by atoms with Crippen LogP contribution in [0.25, 0.3) is 0 Å². The van der Waals surface area contributed by atoms with E-state index in [1.165, 1.54) is 0 Å². The average molecular weight is 322 g/mol. The molecule has 1 atom stereocenters. The Morgan fingerprint density at radius 1 is 1.10 bits per heavy atom. The largest absolute Gasteiger partial charge is 0.481 e. The molecule has 0 aliphatic carbocycles. The van der Waals surface area contributed by atoms with Gasteiger partial charge in [-0.3, -0.25) is 4.79 Å². The van der Waals surface area contributed by atoms with Gasteiger partial charge < -0.3 is 15.7 Å². The highest BCUT2D eigenvalue weighted by atomic mass is 32.2. The Bertz CT molecular complexity index is 434. The third kappa shape index (κ3) is 12.2. The molecule has 0 rings (SSSR count). The zero-order chi connectivity index (χ0) is 16.5. The monoisotopic (exact) mass is 322 g/mol. The van der Waals surface area contributed by atoms with Gasteiger partial charge in [0.1, 0.15) is 9.84 Å². The second-order valence-electron chi connectivity index (χ2n) is 5.54. The number of hydrogen-bond donors (Lipinski definition) is 3. The van der Waals surface area contributed by atoms with Gasteiger partial charge in [0.25, 0.3) is 0 Å². The Morgan fingerprint density at radius 2 is 1.67 bits per heavy atom. The number of aliphatic carboxylic acids is 1. The molecule has 0 aliphatic rings. The molecule has 0 bridgehead atoms. The molecule has 124 valence electrons. The van der Waals surface area contributed by atoms with E-state index >= 15 is 0 Å². The van der Waals surface area contributed by atoms with Gasteiger partial charge in [0.15, 0.2) is 0 Å². The lowest BCUT2D eigenvalue weighted by Crippen LogP contribution is -2.39. The van der Waals surface area contributed by atoms with Crippen molar-refractivity contribution in [3.05, 3.63) is 0 Å². The number of amides is 2. The smallest absolute Gasteiger partial charge is 0.314 e. The van der Waals surface area contributed by atoms with E-state index in [0.717, 1.165) is 6.26 Å². The third-order valence-electron chi connectivity index (χ3n) is 3.23. The zero-order valence-corrected chi connectivity index (χ0v) is 13.7. The predicted molar refractivity (Wildman–Crippen MR) is 80.9 cm³/mol. The average Bonchev–Trinajstić information content (AvgIpc) is 2.30. The van der Waals surface area contributed by atoms with E-state index in [0.29, 0.717) is 25.3 Å². The number of nitrogens with one attached hydrogen (secondary N) is 2. The molecule has 3 N–H and O–H groups in total. The van der Waals surface area contributed by atoms with Gasteiger partial charge in [-0.05, 0) is 24.7 Å². The lowest BCUT2D eigenvalue weighted by Gasteiger charge is -2.20. The maximum atomic E-state index is 11.4. The second-order valence-corrected chi connectivity index (χ2v) is 7.80. The molecule has 0 heterocycles. The fraction of sp³-hybridized carbons (Fsp3) is 0.846. The number of sulfone groups is 1. The summed E-state index contributed by atoms with van der Waals surface area (Å²) in [7, 11) is -3.08. The van der Waals surface area contributed by atoms with Crippen molar-refractivity contribution in [2.45, 2.75) is 33.1 Å². The van der Waals surface area contributed by atoms with Crippen molar-refractivity contribution in [2.75, 3.05) is 25.1 Å². The highest BCUT2D eigenvalue weighted by molar-refractivity contribution is 7.90. The van der Waals surface area contributed by atoms with Crippen molar-refractivity contribution in [1.29, 1.82) is 0 Å². The first-order valence-corrected chi connectivity index (χ1v) is 9.09. The first-order chi connectivity index (χ1) is 9.61. The summed E-state index contributed by atoms with van der Waals surface area (Å²) in [5.41, 5.74) is 0. The Hall–Kier alpha value is -1.31.